The van der Waals surface area contributed by atoms with Crippen molar-refractivity contribution in [3.63, 3.8) is 0 Å². The van der Waals surface area contributed by atoms with E-state index in [9.17, 15) is 20.2 Å². The first kappa shape index (κ1) is 24.3. The number of halogens is 1. The zero-order valence-electron chi connectivity index (χ0n) is 18.4. The molecular weight excluding hydrogens is 458 g/mol. The molecule has 0 heterocycles. The minimum Gasteiger partial charge on any atom is -0.493 e. The molecule has 0 saturated carbocycles. The molecular formula is C25H20ClN3O5. The third-order valence-electron chi connectivity index (χ3n) is 4.78. The number of para-hydroxylation sites is 2. The fraction of sp³-hybridized carbons (Fsp3) is 0.120. The Hall–Kier alpha value is -4.35. The van der Waals surface area contributed by atoms with Crippen molar-refractivity contribution in [1.29, 1.82) is 5.26 Å². The minimum atomic E-state index is -0.799. The van der Waals surface area contributed by atoms with Crippen molar-refractivity contribution in [2.24, 2.45) is 0 Å². The van der Waals surface area contributed by atoms with Gasteiger partial charge in [-0.1, -0.05) is 53.6 Å². The number of nitrogens with one attached hydrogen (secondary N) is 1. The van der Waals surface area contributed by atoms with Gasteiger partial charge in [-0.05, 0) is 42.3 Å². The zero-order valence-corrected chi connectivity index (χ0v) is 19.1. The van der Waals surface area contributed by atoms with Crippen LogP contribution in [0.1, 0.15) is 16.7 Å². The van der Waals surface area contributed by atoms with Crippen LogP contribution in [0.3, 0.4) is 0 Å². The summed E-state index contributed by atoms with van der Waals surface area (Å²) < 4.78 is 11.2. The number of aryl methyl sites for hydroxylation is 1. The molecule has 9 heteroatoms. The van der Waals surface area contributed by atoms with Gasteiger partial charge in [-0.3, -0.25) is 14.9 Å². The van der Waals surface area contributed by atoms with Gasteiger partial charge in [0.25, 0.3) is 11.6 Å². The van der Waals surface area contributed by atoms with Crippen LogP contribution in [0.2, 0.25) is 5.02 Å². The predicted octanol–water partition coefficient (Wildman–Crippen LogP) is 5.69. The predicted molar refractivity (Wildman–Crippen MR) is 129 cm³/mol. The van der Waals surface area contributed by atoms with Gasteiger partial charge in [-0.2, -0.15) is 5.26 Å². The molecule has 0 unspecified atom stereocenters. The molecule has 3 aromatic carbocycles. The lowest BCUT2D eigenvalue weighted by Gasteiger charge is -2.14. The fourth-order valence-electron chi connectivity index (χ4n) is 3.05. The molecule has 3 rings (SSSR count). The smallest absolute Gasteiger partial charge is 0.292 e. The van der Waals surface area contributed by atoms with Gasteiger partial charge in [0.2, 0.25) is 0 Å². The summed E-state index contributed by atoms with van der Waals surface area (Å²) in [5.74, 6) is -0.154. The second kappa shape index (κ2) is 11.0. The molecule has 0 radical (unpaired) electrons. The minimum absolute atomic E-state index is 0.0193. The van der Waals surface area contributed by atoms with Crippen molar-refractivity contribution in [2.75, 3.05) is 12.4 Å². The van der Waals surface area contributed by atoms with E-state index in [-0.39, 0.29) is 28.6 Å². The Balaban J connectivity index is 1.84. The number of nitrogens with zero attached hydrogens (tertiary/aromatic N) is 2. The summed E-state index contributed by atoms with van der Waals surface area (Å²) in [4.78, 5) is 23.1. The van der Waals surface area contributed by atoms with Crippen LogP contribution in [0.5, 0.6) is 11.5 Å². The average molecular weight is 478 g/mol. The number of rotatable bonds is 8. The van der Waals surface area contributed by atoms with Gasteiger partial charge in [0.15, 0.2) is 11.5 Å². The molecule has 0 bridgehead atoms. The molecule has 0 aromatic heterocycles. The summed E-state index contributed by atoms with van der Waals surface area (Å²) in [7, 11) is 1.45. The monoisotopic (exact) mass is 477 g/mol. The number of nitro groups is 1. The molecule has 1 N–H and O–H groups in total. The molecule has 172 valence electrons. The molecule has 0 atom stereocenters. The number of carbonyl (C=O) groups excluding carboxylic acids is 1. The van der Waals surface area contributed by atoms with E-state index in [4.69, 9.17) is 21.1 Å². The maximum absolute atomic E-state index is 12.6. The SMILES string of the molecule is COc1cc(/C=C(\C#N)C(=O)Nc2ccccc2[N+](=O)[O-])cc(Cl)c1OCc1ccc(C)cc1. The van der Waals surface area contributed by atoms with Gasteiger partial charge in [-0.25, -0.2) is 0 Å². The van der Waals surface area contributed by atoms with Gasteiger partial charge in [0, 0.05) is 6.07 Å². The Morgan fingerprint density at radius 3 is 2.56 bits per heavy atom. The van der Waals surface area contributed by atoms with Gasteiger partial charge in [0.05, 0.1) is 17.1 Å². The van der Waals surface area contributed by atoms with E-state index in [1.165, 1.54) is 37.5 Å². The number of hydrogen-bond acceptors (Lipinski definition) is 6. The molecule has 8 nitrogen and oxygen atoms in total. The molecule has 0 aliphatic carbocycles. The van der Waals surface area contributed by atoms with Crippen molar-refractivity contribution in [3.05, 3.63) is 98.1 Å². The van der Waals surface area contributed by atoms with E-state index in [0.717, 1.165) is 11.1 Å². The molecule has 34 heavy (non-hydrogen) atoms. The van der Waals surface area contributed by atoms with E-state index in [0.29, 0.717) is 17.1 Å². The second-order valence-electron chi connectivity index (χ2n) is 7.21. The summed E-state index contributed by atoms with van der Waals surface area (Å²) in [6.45, 7) is 2.26. The molecule has 0 saturated heterocycles. The van der Waals surface area contributed by atoms with Crippen LogP contribution < -0.4 is 14.8 Å². The van der Waals surface area contributed by atoms with E-state index in [1.54, 1.807) is 18.2 Å². The van der Waals surface area contributed by atoms with E-state index in [1.807, 2.05) is 31.2 Å². The normalized spacial score (nSPS) is 10.8. The second-order valence-corrected chi connectivity index (χ2v) is 7.61. The Morgan fingerprint density at radius 1 is 1.21 bits per heavy atom. The summed E-state index contributed by atoms with van der Waals surface area (Å²) in [5.41, 5.74) is 1.92. The highest BCUT2D eigenvalue weighted by Crippen LogP contribution is 2.37. The summed E-state index contributed by atoms with van der Waals surface area (Å²) >= 11 is 6.40. The molecule has 1 amide bonds. The van der Waals surface area contributed by atoms with Crippen LogP contribution in [0.4, 0.5) is 11.4 Å². The van der Waals surface area contributed by atoms with Crippen LogP contribution in [0.15, 0.2) is 66.2 Å². The number of benzene rings is 3. The maximum atomic E-state index is 12.6. The van der Waals surface area contributed by atoms with Gasteiger partial charge in [-0.15, -0.1) is 0 Å². The van der Waals surface area contributed by atoms with Gasteiger partial charge in [0.1, 0.15) is 23.9 Å². The molecule has 0 aliphatic rings. The third kappa shape index (κ3) is 5.91. The van der Waals surface area contributed by atoms with Crippen molar-refractivity contribution >= 4 is 35.0 Å². The first-order valence-corrected chi connectivity index (χ1v) is 10.4. The number of nitro benzene ring substituents is 1. The molecule has 0 fully saturated rings. The summed E-state index contributed by atoms with van der Waals surface area (Å²) in [6.07, 6.45) is 1.31. The van der Waals surface area contributed by atoms with Crippen LogP contribution in [-0.4, -0.2) is 17.9 Å². The molecule has 0 spiro atoms. The van der Waals surface area contributed by atoms with Crippen molar-refractivity contribution < 1.29 is 19.2 Å². The number of ether oxygens (including phenoxy) is 2. The highest BCUT2D eigenvalue weighted by Gasteiger charge is 2.18. The largest absolute Gasteiger partial charge is 0.493 e. The Bertz CT molecular complexity index is 1300. The highest BCUT2D eigenvalue weighted by molar-refractivity contribution is 6.32. The topological polar surface area (TPSA) is 114 Å². The lowest BCUT2D eigenvalue weighted by atomic mass is 10.1. The number of carbonyl (C=O) groups is 1. The third-order valence-corrected chi connectivity index (χ3v) is 5.06. The van der Waals surface area contributed by atoms with Crippen LogP contribution >= 0.6 is 11.6 Å². The quantitative estimate of drug-likeness (QED) is 0.193. The van der Waals surface area contributed by atoms with Crippen molar-refractivity contribution in [1.82, 2.24) is 0 Å². The van der Waals surface area contributed by atoms with E-state index >= 15 is 0 Å². The zero-order chi connectivity index (χ0) is 24.7. The lowest BCUT2D eigenvalue weighted by molar-refractivity contribution is -0.383. The number of methoxy groups -OCH3 is 1. The van der Waals surface area contributed by atoms with Crippen LogP contribution in [0.25, 0.3) is 6.08 Å². The van der Waals surface area contributed by atoms with E-state index in [2.05, 4.69) is 5.32 Å². The number of hydrogen-bond donors (Lipinski definition) is 1. The number of nitriles is 1. The first-order chi connectivity index (χ1) is 16.3. The lowest BCUT2D eigenvalue weighted by Crippen LogP contribution is -2.14. The van der Waals surface area contributed by atoms with Crippen LogP contribution in [-0.2, 0) is 11.4 Å². The average Bonchev–Trinajstić information content (AvgIpc) is 2.82. The van der Waals surface area contributed by atoms with Crippen molar-refractivity contribution in [3.8, 4) is 17.6 Å². The first-order valence-electron chi connectivity index (χ1n) is 10.0. The van der Waals surface area contributed by atoms with E-state index < -0.39 is 10.8 Å². The summed E-state index contributed by atoms with van der Waals surface area (Å²) in [5, 5.41) is 23.3. The Labute approximate surface area is 201 Å². The van der Waals surface area contributed by atoms with Crippen LogP contribution in [0, 0.1) is 28.4 Å². The molecule has 0 aliphatic heterocycles. The fourth-order valence-corrected chi connectivity index (χ4v) is 3.32. The molecule has 3 aromatic rings. The maximum Gasteiger partial charge on any atom is 0.292 e. The Kier molecular flexibility index (Phi) is 7.85. The van der Waals surface area contributed by atoms with Gasteiger partial charge >= 0.3 is 0 Å². The highest BCUT2D eigenvalue weighted by atomic mass is 35.5. The van der Waals surface area contributed by atoms with Crippen molar-refractivity contribution in [2.45, 2.75) is 13.5 Å². The van der Waals surface area contributed by atoms with Gasteiger partial charge < -0.3 is 14.8 Å². The summed E-state index contributed by atoms with van der Waals surface area (Å²) in [6, 6.07) is 18.4. The standard InChI is InChI=1S/C25H20ClN3O5/c1-16-7-9-17(10-8-16)15-34-24-20(26)12-18(13-23(24)33-2)11-19(14-27)25(30)28-21-5-3-4-6-22(21)29(31)32/h3-13H,15H2,1-2H3,(H,28,30)/b19-11+. The Morgan fingerprint density at radius 2 is 1.91 bits per heavy atom. The number of amides is 1. The number of anilines is 1.